The molecular weight excluding hydrogens is 204 g/mol. The Hall–Kier alpha value is -1.42. The normalized spacial score (nSPS) is 20.4. The maximum atomic E-state index is 11.6. The van der Waals surface area contributed by atoms with Gasteiger partial charge in [0.15, 0.2) is 0 Å². The third kappa shape index (κ3) is 2.58. The predicted octanol–water partition coefficient (Wildman–Crippen LogP) is 0.465. The molecule has 0 radical (unpaired) electrons. The molecule has 86 valence electrons. The largest absolute Gasteiger partial charge is 0.396 e. The number of aromatic nitrogens is 1. The number of aliphatic hydroxyl groups excluding tert-OH is 1. The van der Waals surface area contributed by atoms with Crippen molar-refractivity contribution in [3.05, 3.63) is 30.1 Å². The van der Waals surface area contributed by atoms with Gasteiger partial charge in [-0.3, -0.25) is 9.78 Å². The van der Waals surface area contributed by atoms with Gasteiger partial charge in [-0.2, -0.15) is 0 Å². The molecule has 1 fully saturated rings. The molecule has 4 heteroatoms. The highest BCUT2D eigenvalue weighted by Crippen LogP contribution is 2.17. The molecule has 2 rings (SSSR count). The molecule has 0 aromatic carbocycles. The van der Waals surface area contributed by atoms with Gasteiger partial charge in [0.2, 0.25) is 5.91 Å². The van der Waals surface area contributed by atoms with E-state index in [-0.39, 0.29) is 18.4 Å². The van der Waals surface area contributed by atoms with Crippen molar-refractivity contribution >= 4 is 5.91 Å². The highest BCUT2D eigenvalue weighted by atomic mass is 16.3. The Morgan fingerprint density at radius 1 is 1.50 bits per heavy atom. The maximum Gasteiger partial charge on any atom is 0.223 e. The summed E-state index contributed by atoms with van der Waals surface area (Å²) in [6, 6.07) is 5.79. The van der Waals surface area contributed by atoms with Crippen molar-refractivity contribution in [3.8, 4) is 0 Å². The van der Waals surface area contributed by atoms with Crippen molar-refractivity contribution < 1.29 is 9.90 Å². The summed E-state index contributed by atoms with van der Waals surface area (Å²) >= 11 is 0. The van der Waals surface area contributed by atoms with Crippen LogP contribution in [0.3, 0.4) is 0 Å². The van der Waals surface area contributed by atoms with E-state index in [0.717, 1.165) is 12.1 Å². The van der Waals surface area contributed by atoms with Crippen LogP contribution in [0.25, 0.3) is 0 Å². The van der Waals surface area contributed by atoms with Crippen molar-refractivity contribution in [1.29, 1.82) is 0 Å². The minimum atomic E-state index is 0.103. The lowest BCUT2D eigenvalue weighted by molar-refractivity contribution is -0.127. The molecule has 0 spiro atoms. The molecule has 1 saturated heterocycles. The second-order valence-electron chi connectivity index (χ2n) is 4.16. The summed E-state index contributed by atoms with van der Waals surface area (Å²) in [5, 5.41) is 9.00. The lowest BCUT2D eigenvalue weighted by Gasteiger charge is -2.15. The van der Waals surface area contributed by atoms with E-state index < -0.39 is 0 Å². The Balaban J connectivity index is 1.85. The summed E-state index contributed by atoms with van der Waals surface area (Å²) in [5.74, 6) is 0.270. The number of rotatable bonds is 4. The first-order chi connectivity index (χ1) is 7.79. The van der Waals surface area contributed by atoms with Crippen molar-refractivity contribution in [3.63, 3.8) is 0 Å². The molecular formula is C12H16N2O2. The van der Waals surface area contributed by atoms with Gasteiger partial charge in [-0.05, 0) is 12.1 Å². The first-order valence-electron chi connectivity index (χ1n) is 5.58. The number of hydrogen-bond donors (Lipinski definition) is 1. The summed E-state index contributed by atoms with van der Waals surface area (Å²) in [6.45, 7) is 1.49. The molecule has 1 amide bonds. The Morgan fingerprint density at radius 2 is 2.38 bits per heavy atom. The molecule has 1 atom stereocenters. The zero-order chi connectivity index (χ0) is 11.4. The van der Waals surface area contributed by atoms with Crippen molar-refractivity contribution in [1.82, 2.24) is 9.88 Å². The minimum Gasteiger partial charge on any atom is -0.396 e. The van der Waals surface area contributed by atoms with Crippen molar-refractivity contribution in [2.45, 2.75) is 12.8 Å². The van der Waals surface area contributed by atoms with Crippen molar-refractivity contribution in [2.75, 3.05) is 19.7 Å². The van der Waals surface area contributed by atoms with Crippen LogP contribution in [0.15, 0.2) is 24.4 Å². The van der Waals surface area contributed by atoms with Gasteiger partial charge in [-0.1, -0.05) is 6.07 Å². The van der Waals surface area contributed by atoms with E-state index in [1.54, 1.807) is 6.20 Å². The Kier molecular flexibility index (Phi) is 3.51. The highest BCUT2D eigenvalue weighted by molar-refractivity contribution is 5.78. The number of carbonyl (C=O) groups is 1. The first-order valence-corrected chi connectivity index (χ1v) is 5.58. The number of pyridine rings is 1. The zero-order valence-electron chi connectivity index (χ0n) is 9.17. The monoisotopic (exact) mass is 220 g/mol. The molecule has 0 aliphatic carbocycles. The van der Waals surface area contributed by atoms with Crippen LogP contribution in [0.4, 0.5) is 0 Å². The van der Waals surface area contributed by atoms with Crippen LogP contribution in [0.2, 0.25) is 0 Å². The maximum absolute atomic E-state index is 11.6. The molecule has 1 unspecified atom stereocenters. The van der Waals surface area contributed by atoms with Gasteiger partial charge in [-0.25, -0.2) is 0 Å². The number of nitrogens with zero attached hydrogens (tertiary/aromatic N) is 2. The van der Waals surface area contributed by atoms with Crippen LogP contribution in [-0.2, 0) is 11.2 Å². The summed E-state index contributed by atoms with van der Waals surface area (Å²) in [5.41, 5.74) is 1.00. The summed E-state index contributed by atoms with van der Waals surface area (Å²) in [7, 11) is 0. The fraction of sp³-hybridized carbons (Fsp3) is 0.500. The average Bonchev–Trinajstić information content (AvgIpc) is 2.69. The van der Waals surface area contributed by atoms with Gasteiger partial charge in [0.25, 0.3) is 0 Å². The van der Waals surface area contributed by atoms with Crippen LogP contribution in [-0.4, -0.2) is 40.6 Å². The van der Waals surface area contributed by atoms with Crippen LogP contribution in [0.5, 0.6) is 0 Å². The van der Waals surface area contributed by atoms with E-state index in [0.29, 0.717) is 19.5 Å². The SMILES string of the molecule is O=C1CC(CO)CN1CCc1ccccn1. The van der Waals surface area contributed by atoms with Gasteiger partial charge in [0, 0.05) is 50.3 Å². The topological polar surface area (TPSA) is 53.4 Å². The molecule has 16 heavy (non-hydrogen) atoms. The number of hydrogen-bond acceptors (Lipinski definition) is 3. The molecule has 1 aliphatic rings. The molecule has 1 N–H and O–H groups in total. The van der Waals surface area contributed by atoms with Gasteiger partial charge in [-0.15, -0.1) is 0 Å². The van der Waals surface area contributed by atoms with Crippen LogP contribution in [0, 0.1) is 5.92 Å². The number of amides is 1. The van der Waals surface area contributed by atoms with E-state index in [1.165, 1.54) is 0 Å². The Bertz CT molecular complexity index is 353. The second-order valence-corrected chi connectivity index (χ2v) is 4.16. The standard InChI is InChI=1S/C12H16N2O2/c15-9-10-7-12(16)14(8-10)6-4-11-3-1-2-5-13-11/h1-3,5,10,15H,4,6-9H2. The van der Waals surface area contributed by atoms with Gasteiger partial charge >= 0.3 is 0 Å². The smallest absolute Gasteiger partial charge is 0.223 e. The molecule has 1 aromatic rings. The Labute approximate surface area is 94.9 Å². The number of likely N-dealkylation sites (tertiary alicyclic amines) is 1. The molecule has 2 heterocycles. The predicted molar refractivity (Wildman–Crippen MR) is 59.7 cm³/mol. The van der Waals surface area contributed by atoms with Gasteiger partial charge in [0.1, 0.15) is 0 Å². The quantitative estimate of drug-likeness (QED) is 0.802. The van der Waals surface area contributed by atoms with E-state index >= 15 is 0 Å². The molecule has 1 aromatic heterocycles. The van der Waals surface area contributed by atoms with Crippen LogP contribution in [0.1, 0.15) is 12.1 Å². The van der Waals surface area contributed by atoms with Crippen molar-refractivity contribution in [2.24, 2.45) is 5.92 Å². The zero-order valence-corrected chi connectivity index (χ0v) is 9.17. The number of carbonyl (C=O) groups excluding carboxylic acids is 1. The first kappa shape index (κ1) is 11.1. The second kappa shape index (κ2) is 5.07. The van der Waals surface area contributed by atoms with Crippen LogP contribution >= 0.6 is 0 Å². The molecule has 1 aliphatic heterocycles. The highest BCUT2D eigenvalue weighted by Gasteiger charge is 2.28. The number of aliphatic hydroxyl groups is 1. The van der Waals surface area contributed by atoms with E-state index in [9.17, 15) is 4.79 Å². The average molecular weight is 220 g/mol. The van der Waals surface area contributed by atoms with Crippen LogP contribution < -0.4 is 0 Å². The molecule has 0 saturated carbocycles. The summed E-state index contributed by atoms with van der Waals surface area (Å²) < 4.78 is 0. The van der Waals surface area contributed by atoms with E-state index in [1.807, 2.05) is 23.1 Å². The van der Waals surface area contributed by atoms with E-state index in [2.05, 4.69) is 4.98 Å². The lowest BCUT2D eigenvalue weighted by atomic mass is 10.1. The lowest BCUT2D eigenvalue weighted by Crippen LogP contribution is -2.28. The fourth-order valence-corrected chi connectivity index (χ4v) is 1.99. The summed E-state index contributed by atoms with van der Waals surface area (Å²) in [6.07, 6.45) is 3.03. The van der Waals surface area contributed by atoms with E-state index in [4.69, 9.17) is 5.11 Å². The molecule has 4 nitrogen and oxygen atoms in total. The van der Waals surface area contributed by atoms with Gasteiger partial charge < -0.3 is 10.0 Å². The Morgan fingerprint density at radius 3 is 3.00 bits per heavy atom. The fourth-order valence-electron chi connectivity index (χ4n) is 1.99. The third-order valence-electron chi connectivity index (χ3n) is 2.92. The summed E-state index contributed by atoms with van der Waals surface area (Å²) in [4.78, 5) is 17.6. The van der Waals surface area contributed by atoms with Gasteiger partial charge in [0.05, 0.1) is 0 Å². The molecule has 0 bridgehead atoms. The third-order valence-corrected chi connectivity index (χ3v) is 2.92. The minimum absolute atomic E-state index is 0.103.